The molecule has 0 bridgehead atoms. The Balaban J connectivity index is 2.57. The Labute approximate surface area is 107 Å². The molecule has 0 saturated heterocycles. The lowest BCUT2D eigenvalue weighted by Crippen LogP contribution is -2.44. The molecule has 18 heavy (non-hydrogen) atoms. The monoisotopic (exact) mass is 249 g/mol. The number of carbonyl (C=O) groups is 2. The molecule has 0 aliphatic carbocycles. The van der Waals surface area contributed by atoms with E-state index in [0.29, 0.717) is 11.6 Å². The third kappa shape index (κ3) is 4.08. The first-order chi connectivity index (χ1) is 8.40. The Hall–Kier alpha value is -2.04. The molecule has 0 radical (unpaired) electrons. The molecule has 1 rings (SSSR count). The molecule has 1 aromatic rings. The van der Waals surface area contributed by atoms with Crippen molar-refractivity contribution in [3.05, 3.63) is 29.8 Å². The summed E-state index contributed by atoms with van der Waals surface area (Å²) in [5.41, 5.74) is 6.92. The first kappa shape index (κ1) is 14.0. The van der Waals surface area contributed by atoms with Gasteiger partial charge in [0.15, 0.2) is 0 Å². The number of carbonyl (C=O) groups excluding carboxylic acids is 2. The Kier molecular flexibility index (Phi) is 4.71. The molecule has 3 amide bonds. The van der Waals surface area contributed by atoms with E-state index >= 15 is 0 Å². The molecule has 5 heteroatoms. The quantitative estimate of drug-likeness (QED) is 0.760. The summed E-state index contributed by atoms with van der Waals surface area (Å²) in [5, 5.41) is 5.08. The van der Waals surface area contributed by atoms with Crippen LogP contribution in [0.3, 0.4) is 0 Å². The minimum atomic E-state index is -0.695. The fraction of sp³-hybridized carbons (Fsp3) is 0.385. The minimum Gasteiger partial charge on any atom is -0.368 e. The third-order valence-electron chi connectivity index (χ3n) is 2.61. The molecular formula is C13H19N3O2. The number of nitrogens with one attached hydrogen (secondary N) is 2. The average Bonchev–Trinajstić information content (AvgIpc) is 2.29. The van der Waals surface area contributed by atoms with Gasteiger partial charge >= 0.3 is 6.03 Å². The van der Waals surface area contributed by atoms with E-state index in [2.05, 4.69) is 24.5 Å². The molecule has 0 aliphatic heterocycles. The summed E-state index contributed by atoms with van der Waals surface area (Å²) in [6.07, 6.45) is 0. The lowest BCUT2D eigenvalue weighted by molar-refractivity contribution is -0.119. The first-order valence-electron chi connectivity index (χ1n) is 5.87. The molecule has 5 nitrogen and oxygen atoms in total. The summed E-state index contributed by atoms with van der Waals surface area (Å²) in [4.78, 5) is 22.3. The van der Waals surface area contributed by atoms with Crippen LogP contribution in [-0.2, 0) is 4.79 Å². The number of rotatable bonds is 4. The molecule has 98 valence electrons. The van der Waals surface area contributed by atoms with Crippen LogP contribution in [0.1, 0.15) is 32.3 Å². The summed E-state index contributed by atoms with van der Waals surface area (Å²) >= 11 is 0. The van der Waals surface area contributed by atoms with Gasteiger partial charge in [0.05, 0.1) is 0 Å². The molecule has 1 atom stereocenters. The average molecular weight is 249 g/mol. The summed E-state index contributed by atoms with van der Waals surface area (Å²) in [5.74, 6) is -0.122. The lowest BCUT2D eigenvalue weighted by Gasteiger charge is -2.12. The zero-order chi connectivity index (χ0) is 13.7. The van der Waals surface area contributed by atoms with Gasteiger partial charge in [-0.2, -0.15) is 0 Å². The highest BCUT2D eigenvalue weighted by Crippen LogP contribution is 2.16. The highest BCUT2D eigenvalue weighted by atomic mass is 16.2. The van der Waals surface area contributed by atoms with Crippen molar-refractivity contribution in [2.45, 2.75) is 32.7 Å². The largest absolute Gasteiger partial charge is 0.368 e. The fourth-order valence-corrected chi connectivity index (χ4v) is 1.39. The van der Waals surface area contributed by atoms with Crippen molar-refractivity contribution in [2.75, 3.05) is 5.32 Å². The molecule has 1 aromatic carbocycles. The smallest absolute Gasteiger partial charge is 0.319 e. The van der Waals surface area contributed by atoms with Gasteiger partial charge in [0, 0.05) is 5.69 Å². The van der Waals surface area contributed by atoms with E-state index in [-0.39, 0.29) is 0 Å². The lowest BCUT2D eigenvalue weighted by atomic mass is 10.0. The van der Waals surface area contributed by atoms with Crippen molar-refractivity contribution >= 4 is 17.6 Å². The maximum absolute atomic E-state index is 11.5. The van der Waals surface area contributed by atoms with E-state index in [1.54, 1.807) is 0 Å². The Morgan fingerprint density at radius 3 is 2.11 bits per heavy atom. The van der Waals surface area contributed by atoms with Crippen molar-refractivity contribution < 1.29 is 9.59 Å². The number of benzene rings is 1. The Bertz CT molecular complexity index is 426. The van der Waals surface area contributed by atoms with Crippen LogP contribution in [0.15, 0.2) is 24.3 Å². The Morgan fingerprint density at radius 2 is 1.67 bits per heavy atom. The van der Waals surface area contributed by atoms with Crippen LogP contribution in [0.5, 0.6) is 0 Å². The zero-order valence-electron chi connectivity index (χ0n) is 10.9. The van der Waals surface area contributed by atoms with Gasteiger partial charge in [0.2, 0.25) is 5.91 Å². The van der Waals surface area contributed by atoms with Crippen LogP contribution in [0.2, 0.25) is 0 Å². The van der Waals surface area contributed by atoms with E-state index in [1.807, 2.05) is 24.3 Å². The number of amides is 3. The third-order valence-corrected chi connectivity index (χ3v) is 2.61. The van der Waals surface area contributed by atoms with Crippen LogP contribution in [-0.4, -0.2) is 18.0 Å². The van der Waals surface area contributed by atoms with E-state index < -0.39 is 18.0 Å². The summed E-state index contributed by atoms with van der Waals surface area (Å²) in [7, 11) is 0. The van der Waals surface area contributed by atoms with E-state index in [0.717, 1.165) is 0 Å². The molecule has 0 fully saturated rings. The molecular weight excluding hydrogens is 230 g/mol. The van der Waals surface area contributed by atoms with Crippen molar-refractivity contribution in [2.24, 2.45) is 5.73 Å². The van der Waals surface area contributed by atoms with Gasteiger partial charge in [-0.25, -0.2) is 4.79 Å². The second-order valence-electron chi connectivity index (χ2n) is 4.50. The molecule has 0 spiro atoms. The molecule has 0 saturated carbocycles. The van der Waals surface area contributed by atoms with Gasteiger partial charge in [0.25, 0.3) is 0 Å². The van der Waals surface area contributed by atoms with Crippen LogP contribution in [0.25, 0.3) is 0 Å². The topological polar surface area (TPSA) is 84.2 Å². The summed E-state index contributed by atoms with van der Waals surface area (Å²) in [6, 6.07) is 6.42. The van der Waals surface area contributed by atoms with Gasteiger partial charge in [-0.05, 0) is 30.5 Å². The van der Waals surface area contributed by atoms with E-state index in [1.165, 1.54) is 12.5 Å². The predicted molar refractivity (Wildman–Crippen MR) is 71.3 cm³/mol. The van der Waals surface area contributed by atoms with E-state index in [4.69, 9.17) is 5.73 Å². The minimum absolute atomic E-state index is 0.446. The second kappa shape index (κ2) is 6.05. The highest BCUT2D eigenvalue weighted by Gasteiger charge is 2.11. The Morgan fingerprint density at radius 1 is 1.11 bits per heavy atom. The van der Waals surface area contributed by atoms with Crippen LogP contribution in [0, 0.1) is 0 Å². The van der Waals surface area contributed by atoms with Crippen LogP contribution < -0.4 is 16.4 Å². The number of hydrogen-bond acceptors (Lipinski definition) is 2. The van der Waals surface area contributed by atoms with Gasteiger partial charge < -0.3 is 16.4 Å². The van der Waals surface area contributed by atoms with Crippen LogP contribution in [0.4, 0.5) is 10.5 Å². The standard InChI is InChI=1S/C13H19N3O2/c1-8(2)10-4-6-11(7-5-10)16-13(18)15-9(3)12(14)17/h4-9H,1-3H3,(H2,14,17)(H2,15,16,18). The number of nitrogens with two attached hydrogens (primary N) is 1. The maximum atomic E-state index is 11.5. The summed E-state index contributed by atoms with van der Waals surface area (Å²) < 4.78 is 0. The first-order valence-corrected chi connectivity index (χ1v) is 5.87. The zero-order valence-corrected chi connectivity index (χ0v) is 10.9. The van der Waals surface area contributed by atoms with E-state index in [9.17, 15) is 9.59 Å². The maximum Gasteiger partial charge on any atom is 0.319 e. The van der Waals surface area contributed by atoms with Crippen molar-refractivity contribution in [1.82, 2.24) is 5.32 Å². The summed E-state index contributed by atoms with van der Waals surface area (Å²) in [6.45, 7) is 5.73. The van der Waals surface area contributed by atoms with Crippen molar-refractivity contribution in [3.8, 4) is 0 Å². The number of hydrogen-bond donors (Lipinski definition) is 3. The molecule has 0 aromatic heterocycles. The van der Waals surface area contributed by atoms with Gasteiger partial charge in [-0.15, -0.1) is 0 Å². The van der Waals surface area contributed by atoms with Gasteiger partial charge in [-0.1, -0.05) is 26.0 Å². The molecule has 0 heterocycles. The highest BCUT2D eigenvalue weighted by molar-refractivity contribution is 5.93. The molecule has 0 aliphatic rings. The number of anilines is 1. The van der Waals surface area contributed by atoms with Gasteiger partial charge in [-0.3, -0.25) is 4.79 Å². The fourth-order valence-electron chi connectivity index (χ4n) is 1.39. The normalized spacial score (nSPS) is 12.0. The second-order valence-corrected chi connectivity index (χ2v) is 4.50. The van der Waals surface area contributed by atoms with Crippen molar-refractivity contribution in [3.63, 3.8) is 0 Å². The predicted octanol–water partition coefficient (Wildman–Crippen LogP) is 1.81. The number of primary amides is 1. The van der Waals surface area contributed by atoms with Crippen LogP contribution >= 0.6 is 0 Å². The van der Waals surface area contributed by atoms with Gasteiger partial charge in [0.1, 0.15) is 6.04 Å². The van der Waals surface area contributed by atoms with Crippen molar-refractivity contribution in [1.29, 1.82) is 0 Å². The molecule has 4 N–H and O–H groups in total. The molecule has 1 unspecified atom stereocenters. The SMILES string of the molecule is CC(NC(=O)Nc1ccc(C(C)C)cc1)C(N)=O. The number of urea groups is 1.